The maximum absolute atomic E-state index is 5.71. The molecule has 2 N–H and O–H groups in total. The molecule has 2 rings (SSSR count). The van der Waals surface area contributed by atoms with Crippen molar-refractivity contribution in [3.05, 3.63) is 27.9 Å². The van der Waals surface area contributed by atoms with Crippen molar-refractivity contribution in [1.82, 2.24) is 4.98 Å². The molecule has 0 saturated heterocycles. The Morgan fingerprint density at radius 3 is 3.00 bits per heavy atom. The van der Waals surface area contributed by atoms with Gasteiger partial charge < -0.3 is 10.2 Å². The van der Waals surface area contributed by atoms with Gasteiger partial charge in [0.25, 0.3) is 0 Å². The molecule has 0 amide bonds. The predicted octanol–water partition coefficient (Wildman–Crippen LogP) is 3.06. The summed E-state index contributed by atoms with van der Waals surface area (Å²) in [6.07, 6.45) is 0.804. The van der Waals surface area contributed by atoms with Crippen LogP contribution in [0, 0.1) is 0 Å². The lowest BCUT2D eigenvalue weighted by atomic mass is 10.2. The summed E-state index contributed by atoms with van der Waals surface area (Å²) in [5, 5.41) is 2.92. The minimum atomic E-state index is 0.142. The van der Waals surface area contributed by atoms with E-state index >= 15 is 0 Å². The number of thiazole rings is 1. The highest BCUT2D eigenvalue weighted by molar-refractivity contribution is 9.10. The number of hydrogen-bond acceptors (Lipinski definition) is 4. The predicted molar refractivity (Wildman–Crippen MR) is 64.9 cm³/mol. The zero-order chi connectivity index (χ0) is 10.8. The molecule has 5 heteroatoms. The minimum Gasteiger partial charge on any atom is -0.447 e. The van der Waals surface area contributed by atoms with E-state index < -0.39 is 0 Å². The standard InChI is InChI=1S/C10H11BrN2OS/c1-6(12)4-7-5-15-10(13-7)8-2-3-9(11)14-8/h2-3,5-6H,4,12H2,1H3. The zero-order valence-electron chi connectivity index (χ0n) is 8.24. The minimum absolute atomic E-state index is 0.142. The Hall–Kier alpha value is -0.650. The van der Waals surface area contributed by atoms with Gasteiger partial charge in [-0.3, -0.25) is 0 Å². The van der Waals surface area contributed by atoms with Crippen LogP contribution in [0.25, 0.3) is 10.8 Å². The lowest BCUT2D eigenvalue weighted by Crippen LogP contribution is -2.17. The van der Waals surface area contributed by atoms with E-state index in [1.165, 1.54) is 0 Å². The van der Waals surface area contributed by atoms with Crippen molar-refractivity contribution in [2.75, 3.05) is 0 Å². The van der Waals surface area contributed by atoms with Crippen LogP contribution in [-0.2, 0) is 6.42 Å². The largest absolute Gasteiger partial charge is 0.447 e. The van der Waals surface area contributed by atoms with Crippen LogP contribution in [0.5, 0.6) is 0 Å². The van der Waals surface area contributed by atoms with Gasteiger partial charge in [0.15, 0.2) is 15.4 Å². The Balaban J connectivity index is 2.20. The normalized spacial score (nSPS) is 13.0. The summed E-state index contributed by atoms with van der Waals surface area (Å²) in [6.45, 7) is 1.97. The molecule has 2 aromatic rings. The quantitative estimate of drug-likeness (QED) is 0.944. The molecule has 15 heavy (non-hydrogen) atoms. The first kappa shape index (κ1) is 10.9. The second kappa shape index (κ2) is 4.47. The first-order valence-corrected chi connectivity index (χ1v) is 6.28. The van der Waals surface area contributed by atoms with Gasteiger partial charge in [-0.2, -0.15) is 0 Å². The molecule has 0 bridgehead atoms. The summed E-state index contributed by atoms with van der Waals surface area (Å²) in [5.74, 6) is 0.794. The van der Waals surface area contributed by atoms with E-state index in [-0.39, 0.29) is 6.04 Å². The molecule has 0 aliphatic carbocycles. The average Bonchev–Trinajstić information content (AvgIpc) is 2.72. The second-order valence-corrected chi connectivity index (χ2v) is 5.07. The van der Waals surface area contributed by atoms with Crippen molar-refractivity contribution >= 4 is 27.3 Å². The molecule has 80 valence electrons. The molecule has 2 aromatic heterocycles. The lowest BCUT2D eigenvalue weighted by Gasteiger charge is -1.99. The van der Waals surface area contributed by atoms with Gasteiger partial charge in [-0.15, -0.1) is 11.3 Å². The summed E-state index contributed by atoms with van der Waals surface area (Å²) < 4.78 is 6.14. The highest BCUT2D eigenvalue weighted by Crippen LogP contribution is 2.27. The third kappa shape index (κ3) is 2.68. The van der Waals surface area contributed by atoms with Gasteiger partial charge in [0.05, 0.1) is 5.69 Å². The van der Waals surface area contributed by atoms with Gasteiger partial charge >= 0.3 is 0 Å². The maximum Gasteiger partial charge on any atom is 0.170 e. The third-order valence-corrected chi connectivity index (χ3v) is 3.20. The monoisotopic (exact) mass is 286 g/mol. The van der Waals surface area contributed by atoms with Gasteiger partial charge in [-0.25, -0.2) is 4.98 Å². The van der Waals surface area contributed by atoms with E-state index in [1.807, 2.05) is 24.4 Å². The smallest absolute Gasteiger partial charge is 0.170 e. The number of hydrogen-bond donors (Lipinski definition) is 1. The molecule has 0 saturated carbocycles. The van der Waals surface area contributed by atoms with E-state index in [2.05, 4.69) is 20.9 Å². The Bertz CT molecular complexity index is 450. The molecule has 0 aromatic carbocycles. The molecule has 0 aliphatic rings. The van der Waals surface area contributed by atoms with Crippen LogP contribution in [-0.4, -0.2) is 11.0 Å². The fourth-order valence-electron chi connectivity index (χ4n) is 1.27. The summed E-state index contributed by atoms with van der Waals surface area (Å²) in [7, 11) is 0. The van der Waals surface area contributed by atoms with Crippen LogP contribution < -0.4 is 5.73 Å². The van der Waals surface area contributed by atoms with E-state index in [1.54, 1.807) is 11.3 Å². The van der Waals surface area contributed by atoms with Gasteiger partial charge in [-0.1, -0.05) is 0 Å². The number of aromatic nitrogens is 1. The number of halogens is 1. The van der Waals surface area contributed by atoms with Crippen LogP contribution >= 0.6 is 27.3 Å². The van der Waals surface area contributed by atoms with Crippen molar-refractivity contribution in [3.8, 4) is 10.8 Å². The molecule has 1 unspecified atom stereocenters. The van der Waals surface area contributed by atoms with E-state index in [9.17, 15) is 0 Å². The summed E-state index contributed by atoms with van der Waals surface area (Å²) in [4.78, 5) is 4.46. The highest BCUT2D eigenvalue weighted by Gasteiger charge is 2.09. The van der Waals surface area contributed by atoms with Gasteiger partial charge in [0.2, 0.25) is 0 Å². The van der Waals surface area contributed by atoms with Crippen LogP contribution in [0.4, 0.5) is 0 Å². The Morgan fingerprint density at radius 1 is 1.60 bits per heavy atom. The molecule has 3 nitrogen and oxygen atoms in total. The number of nitrogens with zero attached hydrogens (tertiary/aromatic N) is 1. The molecule has 2 heterocycles. The first-order chi connectivity index (χ1) is 7.15. The molecule has 0 aliphatic heterocycles. The van der Waals surface area contributed by atoms with Crippen molar-refractivity contribution in [2.24, 2.45) is 5.73 Å². The van der Waals surface area contributed by atoms with E-state index in [0.29, 0.717) is 0 Å². The summed E-state index contributed by atoms with van der Waals surface area (Å²) in [6, 6.07) is 3.91. The third-order valence-electron chi connectivity index (χ3n) is 1.87. The van der Waals surface area contributed by atoms with Crippen molar-refractivity contribution in [2.45, 2.75) is 19.4 Å². The lowest BCUT2D eigenvalue weighted by molar-refractivity contribution is 0.555. The van der Waals surface area contributed by atoms with Crippen molar-refractivity contribution < 1.29 is 4.42 Å². The topological polar surface area (TPSA) is 52.0 Å². The fourth-order valence-corrected chi connectivity index (χ4v) is 2.37. The highest BCUT2D eigenvalue weighted by atomic mass is 79.9. The Kier molecular flexibility index (Phi) is 3.23. The van der Waals surface area contributed by atoms with Crippen LogP contribution in [0.1, 0.15) is 12.6 Å². The molecular formula is C10H11BrN2OS. The van der Waals surface area contributed by atoms with Crippen LogP contribution in [0.2, 0.25) is 0 Å². The average molecular weight is 287 g/mol. The Morgan fingerprint density at radius 2 is 2.40 bits per heavy atom. The van der Waals surface area contributed by atoms with Crippen LogP contribution in [0.3, 0.4) is 0 Å². The Labute approximate surface area is 100 Å². The number of nitrogens with two attached hydrogens (primary N) is 1. The fraction of sp³-hybridized carbons (Fsp3) is 0.300. The van der Waals surface area contributed by atoms with E-state index in [0.717, 1.165) is 27.6 Å². The SMILES string of the molecule is CC(N)Cc1csc(-c2ccc(Br)o2)n1. The van der Waals surface area contributed by atoms with Crippen molar-refractivity contribution in [3.63, 3.8) is 0 Å². The summed E-state index contributed by atoms with van der Waals surface area (Å²) in [5.41, 5.74) is 6.74. The molecule has 1 atom stereocenters. The second-order valence-electron chi connectivity index (χ2n) is 3.43. The number of rotatable bonds is 3. The molecular weight excluding hydrogens is 276 g/mol. The molecule has 0 fully saturated rings. The first-order valence-electron chi connectivity index (χ1n) is 4.61. The van der Waals surface area contributed by atoms with Crippen LogP contribution in [0.15, 0.2) is 26.6 Å². The van der Waals surface area contributed by atoms with Gasteiger partial charge in [-0.05, 0) is 35.0 Å². The van der Waals surface area contributed by atoms with Gasteiger partial charge in [0, 0.05) is 17.8 Å². The maximum atomic E-state index is 5.71. The summed E-state index contributed by atoms with van der Waals surface area (Å²) >= 11 is 4.84. The zero-order valence-corrected chi connectivity index (χ0v) is 10.6. The molecule has 0 spiro atoms. The van der Waals surface area contributed by atoms with Gasteiger partial charge in [0.1, 0.15) is 0 Å². The van der Waals surface area contributed by atoms with Crippen molar-refractivity contribution in [1.29, 1.82) is 0 Å². The molecule has 0 radical (unpaired) electrons. The van der Waals surface area contributed by atoms with E-state index in [4.69, 9.17) is 10.2 Å². The number of furan rings is 1.